The molecule has 8 heteroatoms. The van der Waals surface area contributed by atoms with Gasteiger partial charge in [-0.1, -0.05) is 12.1 Å². The third-order valence-electron chi connectivity index (χ3n) is 6.76. The highest BCUT2D eigenvalue weighted by atomic mass is 79.9. The molecule has 0 bridgehead atoms. The summed E-state index contributed by atoms with van der Waals surface area (Å²) in [6.07, 6.45) is 2.64. The summed E-state index contributed by atoms with van der Waals surface area (Å²) in [6, 6.07) is 12.0. The van der Waals surface area contributed by atoms with Crippen LogP contribution < -0.4 is 9.80 Å². The summed E-state index contributed by atoms with van der Waals surface area (Å²) >= 11 is 3.50. The SMILES string of the molecule is Cc1cccc(N2CCN(S(=O)(=O)c3cc4c(cc3Br)CCN4C(=O)C3CC3)C[C@@H]2C)c1. The Morgan fingerprint density at radius 2 is 1.88 bits per heavy atom. The summed E-state index contributed by atoms with van der Waals surface area (Å²) in [7, 11) is -3.69. The molecule has 1 aliphatic carbocycles. The lowest BCUT2D eigenvalue weighted by molar-refractivity contribution is -0.119. The summed E-state index contributed by atoms with van der Waals surface area (Å²) in [5, 5.41) is 0. The average Bonchev–Trinajstić information content (AvgIpc) is 3.53. The summed E-state index contributed by atoms with van der Waals surface area (Å²) < 4.78 is 29.5. The predicted molar refractivity (Wildman–Crippen MR) is 130 cm³/mol. The third kappa shape index (κ3) is 3.86. The molecule has 2 aromatic carbocycles. The van der Waals surface area contributed by atoms with E-state index in [4.69, 9.17) is 0 Å². The highest BCUT2D eigenvalue weighted by Crippen LogP contribution is 2.40. The van der Waals surface area contributed by atoms with Gasteiger partial charge in [-0.3, -0.25) is 4.79 Å². The van der Waals surface area contributed by atoms with Gasteiger partial charge in [-0.15, -0.1) is 0 Å². The molecule has 3 aliphatic rings. The first-order valence-electron chi connectivity index (χ1n) is 11.2. The van der Waals surface area contributed by atoms with Crippen molar-refractivity contribution in [2.75, 3.05) is 36.0 Å². The van der Waals surface area contributed by atoms with Crippen molar-refractivity contribution in [2.24, 2.45) is 5.92 Å². The van der Waals surface area contributed by atoms with Crippen molar-refractivity contribution in [3.63, 3.8) is 0 Å². The Balaban J connectivity index is 1.40. The molecular formula is C24H28BrN3O3S. The van der Waals surface area contributed by atoms with E-state index in [1.165, 1.54) is 5.56 Å². The zero-order chi connectivity index (χ0) is 22.6. The lowest BCUT2D eigenvalue weighted by atomic mass is 10.1. The van der Waals surface area contributed by atoms with Crippen LogP contribution in [0.1, 0.15) is 30.9 Å². The lowest BCUT2D eigenvalue weighted by Gasteiger charge is -2.40. The van der Waals surface area contributed by atoms with Crippen molar-refractivity contribution >= 4 is 43.2 Å². The molecule has 0 N–H and O–H groups in total. The monoisotopic (exact) mass is 517 g/mol. The Morgan fingerprint density at radius 1 is 1.09 bits per heavy atom. The number of anilines is 2. The topological polar surface area (TPSA) is 60.9 Å². The van der Waals surface area contributed by atoms with E-state index in [0.717, 1.165) is 36.2 Å². The second kappa shape index (κ2) is 8.15. The van der Waals surface area contributed by atoms with E-state index in [9.17, 15) is 13.2 Å². The van der Waals surface area contributed by atoms with Gasteiger partial charge < -0.3 is 9.80 Å². The number of hydrogen-bond donors (Lipinski definition) is 0. The van der Waals surface area contributed by atoms with E-state index in [1.807, 2.05) is 12.1 Å². The Labute approximate surface area is 198 Å². The molecule has 2 aliphatic heterocycles. The van der Waals surface area contributed by atoms with E-state index < -0.39 is 10.0 Å². The number of benzene rings is 2. The fourth-order valence-electron chi connectivity index (χ4n) is 4.84. The third-order valence-corrected chi connectivity index (χ3v) is 9.59. The molecule has 32 heavy (non-hydrogen) atoms. The molecule has 1 amide bonds. The molecule has 2 fully saturated rings. The molecule has 0 unspecified atom stereocenters. The van der Waals surface area contributed by atoms with Crippen LogP contribution in [-0.4, -0.2) is 50.9 Å². The molecule has 5 rings (SSSR count). The maximum Gasteiger partial charge on any atom is 0.244 e. The molecule has 1 atom stereocenters. The fraction of sp³-hybridized carbons (Fsp3) is 0.458. The number of rotatable bonds is 4. The van der Waals surface area contributed by atoms with Crippen molar-refractivity contribution in [3.05, 3.63) is 52.0 Å². The zero-order valence-corrected chi connectivity index (χ0v) is 20.8. The van der Waals surface area contributed by atoms with Crippen LogP contribution in [-0.2, 0) is 21.2 Å². The number of hydrogen-bond acceptors (Lipinski definition) is 4. The van der Waals surface area contributed by atoms with Gasteiger partial charge in [0.05, 0.1) is 4.90 Å². The molecule has 2 heterocycles. The van der Waals surface area contributed by atoms with Crippen molar-refractivity contribution in [1.29, 1.82) is 0 Å². The molecule has 170 valence electrons. The standard InChI is InChI=1S/C24H28BrN3O3S/c1-16-4-3-5-20(12-16)27-11-10-26(15-17(27)2)32(30,31)23-14-22-19(13-21(23)25)8-9-28(22)24(29)18-6-7-18/h3-5,12-14,17-18H,6-11,15H2,1-2H3/t17-/m0/s1. The molecule has 1 saturated heterocycles. The van der Waals surface area contributed by atoms with Crippen molar-refractivity contribution < 1.29 is 13.2 Å². The van der Waals surface area contributed by atoms with Gasteiger partial charge in [0, 0.05) is 54.0 Å². The number of aryl methyl sites for hydroxylation is 1. The number of nitrogens with zero attached hydrogens (tertiary/aromatic N) is 3. The first-order chi connectivity index (χ1) is 15.3. The number of piperazine rings is 1. The van der Waals surface area contributed by atoms with Gasteiger partial charge in [-0.25, -0.2) is 8.42 Å². The normalized spacial score (nSPS) is 21.7. The first kappa shape index (κ1) is 21.9. The Morgan fingerprint density at radius 3 is 2.56 bits per heavy atom. The number of halogens is 1. The number of carbonyl (C=O) groups excluding carboxylic acids is 1. The van der Waals surface area contributed by atoms with Gasteiger partial charge in [0.15, 0.2) is 0 Å². The number of sulfonamides is 1. The van der Waals surface area contributed by atoms with E-state index in [2.05, 4.69) is 52.9 Å². The molecule has 0 spiro atoms. The lowest BCUT2D eigenvalue weighted by Crippen LogP contribution is -2.53. The van der Waals surface area contributed by atoms with Crippen LogP contribution in [0.3, 0.4) is 0 Å². The van der Waals surface area contributed by atoms with Crippen molar-refractivity contribution in [1.82, 2.24) is 4.31 Å². The Bertz CT molecular complexity index is 1180. The van der Waals surface area contributed by atoms with E-state index in [-0.39, 0.29) is 22.8 Å². The molecule has 2 aromatic rings. The molecule has 0 aromatic heterocycles. The quantitative estimate of drug-likeness (QED) is 0.615. The second-order valence-electron chi connectivity index (χ2n) is 9.17. The van der Waals surface area contributed by atoms with Gasteiger partial charge >= 0.3 is 0 Å². The Hall–Kier alpha value is -1.90. The van der Waals surface area contributed by atoms with Crippen LogP contribution in [0.5, 0.6) is 0 Å². The van der Waals surface area contributed by atoms with Crippen molar-refractivity contribution in [3.8, 4) is 0 Å². The molecule has 1 saturated carbocycles. The van der Waals surface area contributed by atoms with Gasteiger partial charge in [-0.05, 0) is 84.4 Å². The van der Waals surface area contributed by atoms with Crippen LogP contribution in [0.4, 0.5) is 11.4 Å². The van der Waals surface area contributed by atoms with Gasteiger partial charge in [0.2, 0.25) is 15.9 Å². The highest BCUT2D eigenvalue weighted by molar-refractivity contribution is 9.10. The van der Waals surface area contributed by atoms with E-state index >= 15 is 0 Å². The zero-order valence-electron chi connectivity index (χ0n) is 18.4. The molecule has 6 nitrogen and oxygen atoms in total. The smallest absolute Gasteiger partial charge is 0.244 e. The van der Waals surface area contributed by atoms with Crippen LogP contribution in [0, 0.1) is 12.8 Å². The van der Waals surface area contributed by atoms with Crippen molar-refractivity contribution in [2.45, 2.75) is 44.0 Å². The van der Waals surface area contributed by atoms with Crippen LogP contribution >= 0.6 is 15.9 Å². The highest BCUT2D eigenvalue weighted by Gasteiger charge is 2.39. The van der Waals surface area contributed by atoms with Crippen LogP contribution in [0.15, 0.2) is 45.8 Å². The molecule has 0 radical (unpaired) electrons. The first-order valence-corrected chi connectivity index (χ1v) is 13.5. The van der Waals surface area contributed by atoms with Crippen LogP contribution in [0.2, 0.25) is 0 Å². The van der Waals surface area contributed by atoms with Gasteiger partial charge in [0.1, 0.15) is 0 Å². The minimum Gasteiger partial charge on any atom is -0.366 e. The Kier molecular flexibility index (Phi) is 5.58. The van der Waals surface area contributed by atoms with E-state index in [0.29, 0.717) is 30.7 Å². The maximum absolute atomic E-state index is 13.6. The minimum absolute atomic E-state index is 0.0569. The average molecular weight is 518 g/mol. The summed E-state index contributed by atoms with van der Waals surface area (Å²) in [5.74, 6) is 0.245. The summed E-state index contributed by atoms with van der Waals surface area (Å²) in [5.41, 5.74) is 4.11. The van der Waals surface area contributed by atoms with Gasteiger partial charge in [-0.2, -0.15) is 4.31 Å². The largest absolute Gasteiger partial charge is 0.366 e. The maximum atomic E-state index is 13.6. The summed E-state index contributed by atoms with van der Waals surface area (Å²) in [4.78, 5) is 17.0. The van der Waals surface area contributed by atoms with E-state index in [1.54, 1.807) is 15.3 Å². The minimum atomic E-state index is -3.69. The predicted octanol–water partition coefficient (Wildman–Crippen LogP) is 3.96. The fourth-order valence-corrected chi connectivity index (χ4v) is 7.42. The molecular weight excluding hydrogens is 490 g/mol. The second-order valence-corrected chi connectivity index (χ2v) is 11.9. The van der Waals surface area contributed by atoms with Gasteiger partial charge in [0.25, 0.3) is 0 Å². The number of fused-ring (bicyclic) bond motifs is 1. The van der Waals surface area contributed by atoms with Crippen LogP contribution in [0.25, 0.3) is 0 Å². The number of amides is 1. The number of carbonyl (C=O) groups is 1. The summed E-state index contributed by atoms with van der Waals surface area (Å²) in [6.45, 7) is 6.25.